The van der Waals surface area contributed by atoms with Gasteiger partial charge < -0.3 is 29.0 Å². The van der Waals surface area contributed by atoms with Crippen LogP contribution in [0.15, 0.2) is 59.0 Å². The first-order chi connectivity index (χ1) is 21.9. The fourth-order valence-electron chi connectivity index (χ4n) is 6.01. The molecule has 2 aromatic rings. The summed E-state index contributed by atoms with van der Waals surface area (Å²) in [5.41, 5.74) is 2.83. The molecule has 4 aliphatic rings. The van der Waals surface area contributed by atoms with Gasteiger partial charge in [0.25, 0.3) is 17.7 Å². The summed E-state index contributed by atoms with van der Waals surface area (Å²) in [5.74, 6) is -3.53. The van der Waals surface area contributed by atoms with Crippen molar-refractivity contribution in [2.24, 2.45) is 0 Å². The normalized spacial score (nSPS) is 16.4. The molecule has 6 rings (SSSR count). The Morgan fingerprint density at radius 3 is 2.37 bits per heavy atom. The maximum absolute atomic E-state index is 13.9. The summed E-state index contributed by atoms with van der Waals surface area (Å²) in [6, 6.07) is 14.4. The molecule has 0 bridgehead atoms. The van der Waals surface area contributed by atoms with Crippen LogP contribution in [-0.2, 0) is 19.2 Å². The summed E-state index contributed by atoms with van der Waals surface area (Å²) in [5, 5.41) is 14.5. The molecule has 1 unspecified atom stereocenters. The van der Waals surface area contributed by atoms with Crippen molar-refractivity contribution in [1.29, 1.82) is 0 Å². The molecule has 0 radical (unpaired) electrons. The topological polar surface area (TPSA) is 144 Å². The van der Waals surface area contributed by atoms with E-state index < -0.39 is 35.7 Å². The Morgan fingerprint density at radius 1 is 0.957 bits per heavy atom. The zero-order valence-electron chi connectivity index (χ0n) is 25.9. The highest BCUT2D eigenvalue weighted by Gasteiger charge is 2.40. The molecule has 0 aromatic heterocycles. The number of hydrogen-bond donors (Lipinski definition) is 0. The van der Waals surface area contributed by atoms with Crippen LogP contribution in [0, 0.1) is 0 Å². The van der Waals surface area contributed by atoms with Gasteiger partial charge in [-0.3, -0.25) is 14.4 Å². The fraction of sp³-hybridized carbons (Fsp3) is 0.294. The SMILES string of the molecule is CN(C)c1ccc2c(-c3cc(C(=O)[15N]4[13CH2][13CH2][13CH2][13CH]4[13C](=O)ON4C(=O)CCC4=O)ccc3C(=O)[O-])c3ccc(=[N+](C)C)cc-3oc2c1. The van der Waals surface area contributed by atoms with E-state index in [9.17, 15) is 29.1 Å². The van der Waals surface area contributed by atoms with Crippen LogP contribution >= 0.6 is 0 Å². The number of hydroxylamine groups is 2. The molecule has 3 amide bonds. The Kier molecular flexibility index (Phi) is 7.80. The molecule has 46 heavy (non-hydrogen) atoms. The van der Waals surface area contributed by atoms with E-state index in [2.05, 4.69) is 0 Å². The van der Waals surface area contributed by atoms with Crippen molar-refractivity contribution in [3.63, 3.8) is 0 Å². The Balaban J connectivity index is 1.48. The average molecular weight is 631 g/mol. The summed E-state index contributed by atoms with van der Waals surface area (Å²) < 4.78 is 8.29. The summed E-state index contributed by atoms with van der Waals surface area (Å²) in [6.07, 6.45) is 0.685. The quantitative estimate of drug-likeness (QED) is 0.103. The summed E-state index contributed by atoms with van der Waals surface area (Å²) in [7, 11) is 7.61. The van der Waals surface area contributed by atoms with Crippen LogP contribution in [0.4, 0.5) is 5.69 Å². The van der Waals surface area contributed by atoms with Gasteiger partial charge in [-0.05, 0) is 48.7 Å². The van der Waals surface area contributed by atoms with Crippen LogP contribution in [0.5, 0.6) is 0 Å². The first kappa shape index (κ1) is 30.5. The van der Waals surface area contributed by atoms with Gasteiger partial charge in [0, 0.05) is 78.9 Å². The average Bonchev–Trinajstić information content (AvgIpc) is 3.65. The molecule has 1 aliphatic carbocycles. The number of carboxylic acid groups (broad SMARTS) is 1. The number of fused-ring (bicyclic) bond motifs is 2. The fourth-order valence-corrected chi connectivity index (χ4v) is 6.01. The van der Waals surface area contributed by atoms with Crippen LogP contribution in [-0.4, -0.2) is 80.4 Å². The summed E-state index contributed by atoms with van der Waals surface area (Å²) in [4.78, 5) is 71.9. The second-order valence-corrected chi connectivity index (χ2v) is 11.8. The predicted octanol–water partition coefficient (Wildman–Crippen LogP) is 1.88. The Morgan fingerprint density at radius 2 is 1.70 bits per heavy atom. The zero-order chi connectivity index (χ0) is 32.9. The molecule has 2 saturated heterocycles. The number of hydrogen-bond acceptors (Lipinski definition) is 9. The van der Waals surface area contributed by atoms with Crippen LogP contribution in [0.25, 0.3) is 33.4 Å². The van der Waals surface area contributed by atoms with Gasteiger partial charge in [0.2, 0.25) is 5.36 Å². The van der Waals surface area contributed by atoms with Gasteiger partial charge in [0.15, 0.2) is 0 Å². The van der Waals surface area contributed by atoms with E-state index in [1.54, 1.807) is 0 Å². The highest BCUT2D eigenvalue weighted by molar-refractivity contribution is 6.09. The van der Waals surface area contributed by atoms with Gasteiger partial charge in [-0.1, -0.05) is 6.07 Å². The lowest BCUT2D eigenvalue weighted by molar-refractivity contribution is -0.255. The van der Waals surface area contributed by atoms with Crippen molar-refractivity contribution in [3.8, 4) is 22.5 Å². The number of carboxylic acids is 1. The number of amides is 3. The maximum Gasteiger partial charge on any atom is 0.355 e. The molecule has 0 saturated carbocycles. The number of imide groups is 1. The molecule has 12 heteroatoms. The number of rotatable bonds is 6. The van der Waals surface area contributed by atoms with E-state index in [1.165, 1.54) is 23.1 Å². The second kappa shape index (κ2) is 11.8. The molecule has 1 atom stereocenters. The first-order valence-electron chi connectivity index (χ1n) is 14.9. The highest BCUT2D eigenvalue weighted by Crippen LogP contribution is 2.42. The number of benzene rings is 3. The van der Waals surface area contributed by atoms with Crippen molar-refractivity contribution < 1.29 is 38.3 Å². The lowest BCUT2D eigenvalue weighted by Gasteiger charge is -2.25. The number of anilines is 1. The highest BCUT2D eigenvalue weighted by atomic mass is 16.8. The molecular weight excluding hydrogens is 598 g/mol. The molecule has 0 N–H and O–H groups in total. The molecule has 3 aliphatic heterocycles. The summed E-state index contributed by atoms with van der Waals surface area (Å²) >= 11 is 0. The first-order valence-corrected chi connectivity index (χ1v) is 14.9. The number of likely N-dealkylation sites (tertiary alicyclic amines) is 1. The Bertz CT molecular complexity index is 1970. The van der Waals surface area contributed by atoms with Crippen molar-refractivity contribution in [2.75, 3.05) is 39.6 Å². The monoisotopic (exact) mass is 630 g/mol. The van der Waals surface area contributed by atoms with Crippen LogP contribution < -0.4 is 19.9 Å². The van der Waals surface area contributed by atoms with E-state index in [0.29, 0.717) is 39.3 Å². The van der Waals surface area contributed by atoms with E-state index in [-0.39, 0.29) is 42.5 Å². The van der Waals surface area contributed by atoms with E-state index in [4.69, 9.17) is 9.25 Å². The number of aromatic carboxylic acids is 1. The number of carbonyl (C=O) groups is 5. The smallest absolute Gasteiger partial charge is 0.355 e. The molecule has 0 spiro atoms. The standard InChI is InChI=1S/C34H32N4O8/c1-35(2)20-8-11-23-27(17-20)45-28-18-21(36(3)4)9-12-24(28)31(23)25-16-19(7-10-22(25)33(42)43)32(41)37-15-5-6-26(37)34(44)46-38-29(39)13-14-30(38)40/h7-12,16-18,26H,5-6,13-15H2,1-4H3/i5+1,6+1,15+1,26+1,34+1,37+1. The molecule has 3 heterocycles. The minimum atomic E-state index is -1.42. The molecular formula is C34H32N4O8. The number of carbonyl (C=O) groups excluding carboxylic acids is 5. The van der Waals surface area contributed by atoms with Crippen molar-refractivity contribution in [1.82, 2.24) is 14.5 Å². The van der Waals surface area contributed by atoms with Gasteiger partial charge in [0.05, 0.1) is 12.0 Å². The molecule has 2 fully saturated rings. The minimum Gasteiger partial charge on any atom is -0.545 e. The molecule has 2 aromatic carbocycles. The van der Waals surface area contributed by atoms with Crippen molar-refractivity contribution in [2.45, 2.75) is 31.7 Å². The Labute approximate surface area is 264 Å². The van der Waals surface area contributed by atoms with Crippen molar-refractivity contribution in [3.05, 3.63) is 71.1 Å². The van der Waals surface area contributed by atoms with Gasteiger partial charge in [-0.15, -0.1) is 5.06 Å². The van der Waals surface area contributed by atoms with E-state index in [0.717, 1.165) is 11.0 Å². The summed E-state index contributed by atoms with van der Waals surface area (Å²) in [6.45, 7) is 0.231. The molecule has 12 nitrogen and oxygen atoms in total. The van der Waals surface area contributed by atoms with Crippen LogP contribution in [0.3, 0.4) is 0 Å². The minimum absolute atomic E-state index is 0.0456. The van der Waals surface area contributed by atoms with Gasteiger partial charge in [-0.25, -0.2) is 9.37 Å². The van der Waals surface area contributed by atoms with Gasteiger partial charge >= 0.3 is 5.97 Å². The lowest BCUT2D eigenvalue weighted by atomic mass is 9.89. The van der Waals surface area contributed by atoms with Gasteiger partial charge in [-0.2, -0.15) is 0 Å². The lowest BCUT2D eigenvalue weighted by Crippen LogP contribution is -2.44. The predicted molar refractivity (Wildman–Crippen MR) is 165 cm³/mol. The Hall–Kier alpha value is -5.52. The second-order valence-electron chi connectivity index (χ2n) is 11.8. The third-order valence-corrected chi connectivity index (χ3v) is 8.45. The largest absolute Gasteiger partial charge is 0.545 e. The van der Waals surface area contributed by atoms with E-state index >= 15 is 0 Å². The maximum atomic E-state index is 13.9. The van der Waals surface area contributed by atoms with Gasteiger partial charge in [0.1, 0.15) is 31.5 Å². The zero-order valence-corrected chi connectivity index (χ0v) is 25.9. The third-order valence-electron chi connectivity index (χ3n) is 8.45. The molecule has 236 valence electrons. The third kappa shape index (κ3) is 5.35. The van der Waals surface area contributed by atoms with E-state index in [1.807, 2.05) is 74.1 Å². The number of nitrogens with zero attached hydrogens (tertiary/aromatic N) is 4. The van der Waals surface area contributed by atoms with Crippen molar-refractivity contribution >= 4 is 46.3 Å². The van der Waals surface area contributed by atoms with Crippen LogP contribution in [0.2, 0.25) is 0 Å². The van der Waals surface area contributed by atoms with Crippen LogP contribution in [0.1, 0.15) is 46.4 Å².